The molecule has 0 saturated heterocycles. The third-order valence-electron chi connectivity index (χ3n) is 10.5. The summed E-state index contributed by atoms with van der Waals surface area (Å²) in [6, 6.07) is 22.3. The molecule has 0 spiro atoms. The highest BCUT2D eigenvalue weighted by atomic mass is 32.1. The lowest BCUT2D eigenvalue weighted by molar-refractivity contribution is -0.148. The van der Waals surface area contributed by atoms with Crippen molar-refractivity contribution < 1.29 is 33.8 Å². The number of amides is 3. The number of fused-ring (bicyclic) bond motifs is 1. The number of esters is 1. The van der Waals surface area contributed by atoms with Gasteiger partial charge in [0.15, 0.2) is 0 Å². The maximum Gasteiger partial charge on any atom is 0.337 e. The van der Waals surface area contributed by atoms with Crippen LogP contribution in [-0.4, -0.2) is 52.8 Å². The van der Waals surface area contributed by atoms with E-state index >= 15 is 0 Å². The first-order valence-corrected chi connectivity index (χ1v) is 19.8. The smallest absolute Gasteiger partial charge is 0.337 e. The molecular weight excluding hydrogens is 715 g/mol. The van der Waals surface area contributed by atoms with E-state index in [4.69, 9.17) is 4.74 Å². The predicted octanol–water partition coefficient (Wildman–Crippen LogP) is 8.72. The summed E-state index contributed by atoms with van der Waals surface area (Å²) >= 11 is 1.45. The van der Waals surface area contributed by atoms with Crippen LogP contribution in [0.3, 0.4) is 0 Å². The molecule has 0 atom stereocenters. The standard InChI is InChI=1S/C44H51N3O7S/c1-6-34(7-2)47(37(48)24-25-44(3,4)43(52)53)27-30-10-8-11-32(26-30)39(49)46-41-38(35-12-9-13-36(35)55-41)40(50)45-33-22-18-29(19-23-33)15-14-28-16-20-31(21-17-28)42(51)54-5/h8,10-11,16-23,26,34H,6-7,9,12-15,24-25,27H2,1-5H3,(H,45,50)(H,46,49)(H,52,53). The molecule has 3 N–H and O–H groups in total. The molecule has 0 radical (unpaired) electrons. The Balaban J connectivity index is 1.25. The van der Waals surface area contributed by atoms with Gasteiger partial charge >= 0.3 is 11.9 Å². The van der Waals surface area contributed by atoms with E-state index < -0.39 is 11.4 Å². The average molecular weight is 766 g/mol. The molecule has 55 heavy (non-hydrogen) atoms. The summed E-state index contributed by atoms with van der Waals surface area (Å²) in [7, 11) is 1.36. The maximum atomic E-state index is 13.8. The van der Waals surface area contributed by atoms with Gasteiger partial charge in [-0.15, -0.1) is 11.3 Å². The Morgan fingerprint density at radius 1 is 0.836 bits per heavy atom. The maximum absolute atomic E-state index is 13.8. The Bertz CT molecular complexity index is 2010. The topological polar surface area (TPSA) is 142 Å². The van der Waals surface area contributed by atoms with Crippen LogP contribution in [0.15, 0.2) is 72.8 Å². The van der Waals surface area contributed by atoms with Crippen molar-refractivity contribution >= 4 is 51.7 Å². The quantitative estimate of drug-likeness (QED) is 0.0913. The molecule has 1 aliphatic rings. The minimum absolute atomic E-state index is 0.0257. The molecule has 3 aromatic carbocycles. The van der Waals surface area contributed by atoms with Crippen molar-refractivity contribution in [3.05, 3.63) is 117 Å². The van der Waals surface area contributed by atoms with Crippen molar-refractivity contribution in [1.82, 2.24) is 4.90 Å². The van der Waals surface area contributed by atoms with Gasteiger partial charge in [-0.25, -0.2) is 4.79 Å². The summed E-state index contributed by atoms with van der Waals surface area (Å²) in [5.41, 5.74) is 5.04. The molecule has 0 fully saturated rings. The Morgan fingerprint density at radius 3 is 2.11 bits per heavy atom. The number of rotatable bonds is 17. The predicted molar refractivity (Wildman–Crippen MR) is 216 cm³/mol. The largest absolute Gasteiger partial charge is 0.481 e. The number of carboxylic acids is 1. The SMILES string of the molecule is CCC(CC)N(Cc1cccc(C(=O)Nc2sc3c(c2C(=O)Nc2ccc(CCc4ccc(C(=O)OC)cc4)cc2)CCC3)c1)C(=O)CCC(C)(C)C(=O)O. The Labute approximate surface area is 327 Å². The van der Waals surface area contributed by atoms with Crippen molar-refractivity contribution in [2.75, 3.05) is 17.7 Å². The van der Waals surface area contributed by atoms with Crippen molar-refractivity contribution in [3.8, 4) is 0 Å². The zero-order valence-corrected chi connectivity index (χ0v) is 33.1. The lowest BCUT2D eigenvalue weighted by atomic mass is 9.87. The van der Waals surface area contributed by atoms with Crippen LogP contribution in [0.1, 0.15) is 118 Å². The number of nitrogens with one attached hydrogen (secondary N) is 2. The third kappa shape index (κ3) is 10.3. The fourth-order valence-corrected chi connectivity index (χ4v) is 8.18. The van der Waals surface area contributed by atoms with Crippen LogP contribution >= 0.6 is 11.3 Å². The summed E-state index contributed by atoms with van der Waals surface area (Å²) in [6.45, 7) is 7.60. The number of carboxylic acid groups (broad SMARTS) is 1. The summed E-state index contributed by atoms with van der Waals surface area (Å²) in [6.07, 6.45) is 6.00. The number of aryl methyl sites for hydroxylation is 3. The minimum atomic E-state index is -1.01. The van der Waals surface area contributed by atoms with E-state index in [9.17, 15) is 29.1 Å². The zero-order valence-electron chi connectivity index (χ0n) is 32.3. The monoisotopic (exact) mass is 765 g/mol. The van der Waals surface area contributed by atoms with Crippen LogP contribution in [-0.2, 0) is 46.6 Å². The number of methoxy groups -OCH3 is 1. The van der Waals surface area contributed by atoms with E-state index in [1.165, 1.54) is 18.4 Å². The molecule has 0 unspecified atom stereocenters. The van der Waals surface area contributed by atoms with Gasteiger partial charge in [0.1, 0.15) is 5.00 Å². The van der Waals surface area contributed by atoms with Crippen molar-refractivity contribution in [1.29, 1.82) is 0 Å². The lowest BCUT2D eigenvalue weighted by Gasteiger charge is -2.32. The summed E-state index contributed by atoms with van der Waals surface area (Å²) in [4.78, 5) is 67.3. The van der Waals surface area contributed by atoms with Gasteiger partial charge in [-0.1, -0.05) is 50.2 Å². The van der Waals surface area contributed by atoms with Gasteiger partial charge in [-0.05, 0) is 124 Å². The highest BCUT2D eigenvalue weighted by Gasteiger charge is 2.31. The fourth-order valence-electron chi connectivity index (χ4n) is 6.90. The molecular formula is C44H51N3O7S. The molecule has 3 amide bonds. The minimum Gasteiger partial charge on any atom is -0.481 e. The normalized spacial score (nSPS) is 12.3. The van der Waals surface area contributed by atoms with Crippen molar-refractivity contribution in [2.45, 2.75) is 98.1 Å². The van der Waals surface area contributed by atoms with Crippen LogP contribution in [0.5, 0.6) is 0 Å². The van der Waals surface area contributed by atoms with Gasteiger partial charge in [0.25, 0.3) is 11.8 Å². The zero-order chi connectivity index (χ0) is 39.7. The summed E-state index contributed by atoms with van der Waals surface area (Å²) < 4.78 is 4.77. The second kappa shape index (κ2) is 18.4. The van der Waals surface area contributed by atoms with Gasteiger partial charge in [0, 0.05) is 35.1 Å². The molecule has 11 heteroatoms. The van der Waals surface area contributed by atoms with E-state index in [1.54, 1.807) is 49.1 Å². The molecule has 4 aromatic rings. The van der Waals surface area contributed by atoms with Gasteiger partial charge in [0.05, 0.1) is 23.7 Å². The Kier molecular flexibility index (Phi) is 13.6. The van der Waals surface area contributed by atoms with Gasteiger partial charge in [-0.3, -0.25) is 19.2 Å². The van der Waals surface area contributed by atoms with E-state index in [-0.39, 0.29) is 42.6 Å². The number of anilines is 2. The first kappa shape index (κ1) is 40.9. The highest BCUT2D eigenvalue weighted by molar-refractivity contribution is 7.17. The molecule has 1 aromatic heterocycles. The van der Waals surface area contributed by atoms with Crippen LogP contribution in [0.25, 0.3) is 0 Å². The molecule has 0 saturated carbocycles. The van der Waals surface area contributed by atoms with Crippen molar-refractivity contribution in [2.24, 2.45) is 5.41 Å². The Hall–Kier alpha value is -5.29. The van der Waals surface area contributed by atoms with Crippen LogP contribution in [0.4, 0.5) is 10.7 Å². The number of carbonyl (C=O) groups is 5. The summed E-state index contributed by atoms with van der Waals surface area (Å²) in [5, 5.41) is 16.1. The van der Waals surface area contributed by atoms with Gasteiger partial charge in [0.2, 0.25) is 5.91 Å². The van der Waals surface area contributed by atoms with E-state index in [0.29, 0.717) is 33.9 Å². The Morgan fingerprint density at radius 2 is 1.49 bits per heavy atom. The molecule has 10 nitrogen and oxygen atoms in total. The number of thiophene rings is 1. The molecule has 5 rings (SSSR count). The number of nitrogens with zero attached hydrogens (tertiary/aromatic N) is 1. The molecule has 0 bridgehead atoms. The van der Waals surface area contributed by atoms with Crippen LogP contribution in [0.2, 0.25) is 0 Å². The van der Waals surface area contributed by atoms with Crippen LogP contribution in [0, 0.1) is 5.41 Å². The number of hydrogen-bond acceptors (Lipinski definition) is 7. The second-order valence-corrected chi connectivity index (χ2v) is 15.8. The lowest BCUT2D eigenvalue weighted by Crippen LogP contribution is -2.40. The van der Waals surface area contributed by atoms with E-state index in [1.807, 2.05) is 56.3 Å². The van der Waals surface area contributed by atoms with E-state index in [2.05, 4.69) is 10.6 Å². The molecule has 290 valence electrons. The highest BCUT2D eigenvalue weighted by Crippen LogP contribution is 2.40. The fraction of sp³-hybridized carbons (Fsp3) is 0.386. The molecule has 1 aliphatic carbocycles. The molecule has 1 heterocycles. The summed E-state index contributed by atoms with van der Waals surface area (Å²) in [5.74, 6) is -2.02. The third-order valence-corrected chi connectivity index (χ3v) is 11.7. The number of ether oxygens (including phenoxy) is 1. The first-order valence-electron chi connectivity index (χ1n) is 19.0. The van der Waals surface area contributed by atoms with Crippen LogP contribution < -0.4 is 10.6 Å². The number of hydrogen-bond donors (Lipinski definition) is 3. The first-order chi connectivity index (χ1) is 26.3. The number of aliphatic carboxylic acids is 1. The van der Waals surface area contributed by atoms with Gasteiger partial charge < -0.3 is 25.4 Å². The average Bonchev–Trinajstić information content (AvgIpc) is 3.78. The number of benzene rings is 3. The molecule has 0 aliphatic heterocycles. The van der Waals surface area contributed by atoms with E-state index in [0.717, 1.165) is 72.1 Å². The van der Waals surface area contributed by atoms with Crippen molar-refractivity contribution in [3.63, 3.8) is 0 Å². The number of carbonyl (C=O) groups excluding carboxylic acids is 4. The second-order valence-electron chi connectivity index (χ2n) is 14.7. The van der Waals surface area contributed by atoms with Gasteiger partial charge in [-0.2, -0.15) is 0 Å².